The Hall–Kier alpha value is -1.05. The third-order valence-corrected chi connectivity index (χ3v) is 4.61. The topological polar surface area (TPSA) is 24.9 Å². The Bertz CT molecular complexity index is 579. The molecule has 0 aliphatic heterocycles. The summed E-state index contributed by atoms with van der Waals surface area (Å²) in [4.78, 5) is 5.67. The van der Waals surface area contributed by atoms with Crippen LogP contribution in [0.2, 0.25) is 0 Å². The van der Waals surface area contributed by atoms with Gasteiger partial charge < -0.3 is 5.32 Å². The molecule has 0 amide bonds. The van der Waals surface area contributed by atoms with Crippen LogP contribution in [0.5, 0.6) is 0 Å². The summed E-state index contributed by atoms with van der Waals surface area (Å²) in [7, 11) is 0. The van der Waals surface area contributed by atoms with Gasteiger partial charge in [-0.25, -0.2) is 4.98 Å². The minimum atomic E-state index is -4.24. The Morgan fingerprint density at radius 3 is 2.48 bits per heavy atom. The zero-order valence-corrected chi connectivity index (χ0v) is 13.2. The Kier molecular flexibility index (Phi) is 5.29. The first-order valence-electron chi connectivity index (χ1n) is 6.34. The lowest BCUT2D eigenvalue weighted by Gasteiger charge is -2.11. The summed E-state index contributed by atoms with van der Waals surface area (Å²) in [5.41, 5.74) is -3.29. The van der Waals surface area contributed by atoms with E-state index in [2.05, 4.69) is 10.3 Å². The third-order valence-electron chi connectivity index (χ3n) is 2.78. The molecule has 2 aromatic rings. The number of aryl methyl sites for hydroxylation is 1. The van der Waals surface area contributed by atoms with E-state index in [1.54, 1.807) is 23.5 Å². The second-order valence-corrected chi connectivity index (χ2v) is 7.01. The fourth-order valence-electron chi connectivity index (χ4n) is 1.74. The highest BCUT2D eigenvalue weighted by molar-refractivity contribution is 8.00. The molecule has 2 nitrogen and oxygen atoms in total. The van der Waals surface area contributed by atoms with Crippen molar-refractivity contribution < 1.29 is 13.2 Å². The van der Waals surface area contributed by atoms with E-state index in [1.807, 2.05) is 20.0 Å². The number of hydrogen-bond donors (Lipinski definition) is 1. The predicted octanol–water partition coefficient (Wildman–Crippen LogP) is 4.91. The van der Waals surface area contributed by atoms with Gasteiger partial charge in [-0.05, 0) is 43.3 Å². The van der Waals surface area contributed by atoms with Gasteiger partial charge >= 0.3 is 5.51 Å². The lowest BCUT2D eigenvalue weighted by atomic mass is 10.2. The van der Waals surface area contributed by atoms with Crippen molar-refractivity contribution in [2.45, 2.75) is 36.8 Å². The van der Waals surface area contributed by atoms with Crippen LogP contribution < -0.4 is 5.32 Å². The van der Waals surface area contributed by atoms with Crippen molar-refractivity contribution in [3.63, 3.8) is 0 Å². The molecular weight excluding hydrogens is 317 g/mol. The van der Waals surface area contributed by atoms with Crippen molar-refractivity contribution >= 4 is 23.1 Å². The maximum Gasteiger partial charge on any atom is 0.446 e. The van der Waals surface area contributed by atoms with E-state index in [4.69, 9.17) is 0 Å². The van der Waals surface area contributed by atoms with E-state index in [9.17, 15) is 13.2 Å². The molecule has 0 saturated heterocycles. The molecule has 1 atom stereocenters. The summed E-state index contributed by atoms with van der Waals surface area (Å²) >= 11 is 1.54. The number of halogens is 3. The molecular formula is C14H15F3N2S2. The highest BCUT2D eigenvalue weighted by Crippen LogP contribution is 2.36. The monoisotopic (exact) mass is 332 g/mol. The second-order valence-electron chi connectivity index (χ2n) is 4.60. The highest BCUT2D eigenvalue weighted by atomic mass is 32.2. The fourth-order valence-corrected chi connectivity index (χ4v) is 3.08. The van der Waals surface area contributed by atoms with E-state index in [1.165, 1.54) is 12.1 Å². The third kappa shape index (κ3) is 5.33. The van der Waals surface area contributed by atoms with Crippen LogP contribution in [0.15, 0.2) is 35.4 Å². The molecule has 0 spiro atoms. The van der Waals surface area contributed by atoms with E-state index in [0.29, 0.717) is 6.54 Å². The first kappa shape index (κ1) is 16.3. The lowest BCUT2D eigenvalue weighted by Crippen LogP contribution is -2.17. The zero-order valence-electron chi connectivity index (χ0n) is 11.6. The molecule has 0 aliphatic carbocycles. The molecule has 7 heteroatoms. The summed E-state index contributed by atoms with van der Waals surface area (Å²) in [6, 6.07) is 6.52. The van der Waals surface area contributed by atoms with Gasteiger partial charge in [0.25, 0.3) is 0 Å². The quantitative estimate of drug-likeness (QED) is 0.787. The molecule has 0 bridgehead atoms. The number of thiazole rings is 1. The van der Waals surface area contributed by atoms with Gasteiger partial charge in [-0.3, -0.25) is 0 Å². The van der Waals surface area contributed by atoms with Crippen LogP contribution in [0, 0.1) is 6.92 Å². The van der Waals surface area contributed by atoms with Gasteiger partial charge in [0.15, 0.2) is 0 Å². The number of benzene rings is 1. The molecule has 0 aliphatic rings. The Balaban J connectivity index is 1.89. The first-order valence-corrected chi connectivity index (χ1v) is 7.97. The Morgan fingerprint density at radius 1 is 1.29 bits per heavy atom. The van der Waals surface area contributed by atoms with Gasteiger partial charge in [0, 0.05) is 22.5 Å². The maximum absolute atomic E-state index is 12.2. The molecule has 21 heavy (non-hydrogen) atoms. The summed E-state index contributed by atoms with van der Waals surface area (Å²) in [6.45, 7) is 4.62. The molecule has 0 radical (unpaired) electrons. The Morgan fingerprint density at radius 2 is 1.95 bits per heavy atom. The smallest absolute Gasteiger partial charge is 0.304 e. The molecule has 1 N–H and O–H groups in total. The van der Waals surface area contributed by atoms with Crippen LogP contribution in [0.3, 0.4) is 0 Å². The van der Waals surface area contributed by atoms with Crippen LogP contribution in [-0.2, 0) is 6.54 Å². The summed E-state index contributed by atoms with van der Waals surface area (Å²) in [5.74, 6) is 0. The number of thioether (sulfide) groups is 1. The number of nitrogens with one attached hydrogen (secondary N) is 1. The van der Waals surface area contributed by atoms with Gasteiger partial charge in [0.2, 0.25) is 0 Å². The minimum Gasteiger partial charge on any atom is -0.304 e. The summed E-state index contributed by atoms with van der Waals surface area (Å²) in [6.07, 6.45) is 1.83. The van der Waals surface area contributed by atoms with Crippen molar-refractivity contribution in [1.29, 1.82) is 0 Å². The molecule has 0 saturated carbocycles. The van der Waals surface area contributed by atoms with Gasteiger partial charge in [0.1, 0.15) is 5.01 Å². The van der Waals surface area contributed by atoms with Gasteiger partial charge in [-0.1, -0.05) is 12.1 Å². The summed E-state index contributed by atoms with van der Waals surface area (Å²) < 4.78 is 36.7. The fraction of sp³-hybridized carbons (Fsp3) is 0.357. The molecule has 0 fully saturated rings. The van der Waals surface area contributed by atoms with Crippen LogP contribution in [0.4, 0.5) is 13.2 Å². The normalized spacial score (nSPS) is 13.4. The van der Waals surface area contributed by atoms with Gasteiger partial charge in [-0.15, -0.1) is 11.3 Å². The van der Waals surface area contributed by atoms with Crippen molar-refractivity contribution in [2.24, 2.45) is 0 Å². The van der Waals surface area contributed by atoms with Crippen LogP contribution >= 0.6 is 23.1 Å². The lowest BCUT2D eigenvalue weighted by molar-refractivity contribution is -0.0328. The van der Waals surface area contributed by atoms with E-state index < -0.39 is 5.51 Å². The molecule has 1 aromatic carbocycles. The van der Waals surface area contributed by atoms with Crippen LogP contribution in [0.25, 0.3) is 0 Å². The van der Waals surface area contributed by atoms with Gasteiger partial charge in [-0.2, -0.15) is 13.2 Å². The molecule has 1 aromatic heterocycles. The number of nitrogens with zero attached hydrogens (tertiary/aromatic N) is 1. The van der Waals surface area contributed by atoms with E-state index >= 15 is 0 Å². The van der Waals surface area contributed by atoms with Crippen molar-refractivity contribution in [1.82, 2.24) is 10.3 Å². The number of rotatable bonds is 5. The molecule has 1 unspecified atom stereocenters. The Labute approximate surface area is 129 Å². The standard InChI is InChI=1S/C14H15F3N2S2/c1-9-7-19-13(20-9)10(2)18-8-11-3-5-12(6-4-11)21-14(15,16)17/h3-7,10,18H,8H2,1-2H3. The van der Waals surface area contributed by atoms with E-state index in [-0.39, 0.29) is 22.7 Å². The average molecular weight is 332 g/mol. The number of hydrogen-bond acceptors (Lipinski definition) is 4. The van der Waals surface area contributed by atoms with Crippen molar-refractivity contribution in [3.8, 4) is 0 Å². The average Bonchev–Trinajstić information content (AvgIpc) is 2.82. The van der Waals surface area contributed by atoms with Crippen LogP contribution in [-0.4, -0.2) is 10.5 Å². The minimum absolute atomic E-state index is 0.0953. The summed E-state index contributed by atoms with van der Waals surface area (Å²) in [5, 5.41) is 4.33. The molecule has 2 rings (SSSR count). The molecule has 114 valence electrons. The SMILES string of the molecule is Cc1cnc(C(C)NCc2ccc(SC(F)(F)F)cc2)s1. The maximum atomic E-state index is 12.2. The molecule has 1 heterocycles. The number of aromatic nitrogens is 1. The van der Waals surface area contributed by atoms with Crippen molar-refractivity contribution in [3.05, 3.63) is 45.9 Å². The van der Waals surface area contributed by atoms with E-state index in [0.717, 1.165) is 15.4 Å². The second kappa shape index (κ2) is 6.81. The first-order chi connectivity index (χ1) is 9.83. The van der Waals surface area contributed by atoms with Crippen molar-refractivity contribution in [2.75, 3.05) is 0 Å². The highest BCUT2D eigenvalue weighted by Gasteiger charge is 2.28. The number of alkyl halides is 3. The van der Waals surface area contributed by atoms with Crippen LogP contribution in [0.1, 0.15) is 28.4 Å². The van der Waals surface area contributed by atoms with Gasteiger partial charge in [0.05, 0.1) is 6.04 Å². The largest absolute Gasteiger partial charge is 0.446 e. The zero-order chi connectivity index (χ0) is 15.5. The predicted molar refractivity (Wildman–Crippen MR) is 80.5 cm³/mol.